The number of carboxylic acids is 1. The van der Waals surface area contributed by atoms with Crippen LogP contribution in [0.4, 0.5) is 5.69 Å². The van der Waals surface area contributed by atoms with Gasteiger partial charge in [-0.2, -0.15) is 0 Å². The Bertz CT molecular complexity index is 453. The molecule has 0 amide bonds. The lowest BCUT2D eigenvalue weighted by molar-refractivity contribution is 0.0697. The number of methoxy groups -OCH3 is 1. The minimum absolute atomic E-state index is 0.342. The van der Waals surface area contributed by atoms with Crippen molar-refractivity contribution in [3.05, 3.63) is 23.8 Å². The van der Waals surface area contributed by atoms with E-state index in [0.29, 0.717) is 17.4 Å². The predicted octanol–water partition coefficient (Wildman–Crippen LogP) is 3.16. The molecule has 0 bridgehead atoms. The number of nitrogens with zero attached hydrogens (tertiary/aromatic N) is 1. The molecule has 19 heavy (non-hydrogen) atoms. The van der Waals surface area contributed by atoms with Gasteiger partial charge in [0.05, 0.1) is 18.4 Å². The van der Waals surface area contributed by atoms with Gasteiger partial charge in [0.15, 0.2) is 0 Å². The van der Waals surface area contributed by atoms with Crippen molar-refractivity contribution in [1.29, 1.82) is 0 Å². The number of hydrogen-bond acceptors (Lipinski definition) is 3. The minimum Gasteiger partial charge on any atom is -0.497 e. The molecule has 1 N–H and O–H groups in total. The Hall–Kier alpha value is -1.71. The van der Waals surface area contributed by atoms with Gasteiger partial charge in [0, 0.05) is 19.2 Å². The normalized spacial score (nSPS) is 16.1. The van der Waals surface area contributed by atoms with Crippen LogP contribution in [0, 0.1) is 0 Å². The maximum Gasteiger partial charge on any atom is 0.337 e. The molecule has 1 aromatic rings. The molecule has 1 aromatic carbocycles. The van der Waals surface area contributed by atoms with Gasteiger partial charge in [0.25, 0.3) is 0 Å². The highest BCUT2D eigenvalue weighted by molar-refractivity contribution is 5.94. The Balaban J connectivity index is 2.31. The summed E-state index contributed by atoms with van der Waals surface area (Å²) in [6.45, 7) is 0. The second-order valence-corrected chi connectivity index (χ2v) is 5.09. The SMILES string of the molecule is COc1ccc(C(=O)O)c(N(C)C2CCCCC2)c1. The Labute approximate surface area is 114 Å². The summed E-state index contributed by atoms with van der Waals surface area (Å²) in [6, 6.07) is 5.56. The summed E-state index contributed by atoms with van der Waals surface area (Å²) in [4.78, 5) is 13.4. The van der Waals surface area contributed by atoms with E-state index in [1.807, 2.05) is 13.1 Å². The average molecular weight is 263 g/mol. The number of benzene rings is 1. The number of anilines is 1. The Morgan fingerprint density at radius 2 is 2.00 bits per heavy atom. The lowest BCUT2D eigenvalue weighted by Crippen LogP contribution is -2.34. The molecule has 0 aliphatic heterocycles. The zero-order valence-corrected chi connectivity index (χ0v) is 11.6. The topological polar surface area (TPSA) is 49.8 Å². The third-order valence-corrected chi connectivity index (χ3v) is 3.94. The first-order chi connectivity index (χ1) is 9.13. The monoisotopic (exact) mass is 263 g/mol. The lowest BCUT2D eigenvalue weighted by atomic mass is 9.93. The van der Waals surface area contributed by atoms with Crippen LogP contribution in [0.15, 0.2) is 18.2 Å². The van der Waals surface area contributed by atoms with Crippen LogP contribution in [-0.4, -0.2) is 31.3 Å². The highest BCUT2D eigenvalue weighted by Gasteiger charge is 2.22. The molecular weight excluding hydrogens is 242 g/mol. The van der Waals surface area contributed by atoms with Crippen LogP contribution >= 0.6 is 0 Å². The summed E-state index contributed by atoms with van der Waals surface area (Å²) in [5.74, 6) is -0.192. The van der Waals surface area contributed by atoms with Crippen molar-refractivity contribution in [3.8, 4) is 5.75 Å². The standard InChI is InChI=1S/C15H21NO3/c1-16(11-6-4-3-5-7-11)14-10-12(19-2)8-9-13(14)15(17)18/h8-11H,3-7H2,1-2H3,(H,17,18). The van der Waals surface area contributed by atoms with Crippen molar-refractivity contribution < 1.29 is 14.6 Å². The van der Waals surface area contributed by atoms with Gasteiger partial charge in [-0.15, -0.1) is 0 Å². The van der Waals surface area contributed by atoms with Crippen molar-refractivity contribution in [2.45, 2.75) is 38.1 Å². The van der Waals surface area contributed by atoms with Gasteiger partial charge < -0.3 is 14.7 Å². The summed E-state index contributed by atoms with van der Waals surface area (Å²) in [5.41, 5.74) is 1.09. The highest BCUT2D eigenvalue weighted by atomic mass is 16.5. The number of hydrogen-bond donors (Lipinski definition) is 1. The maximum atomic E-state index is 11.3. The molecular formula is C15H21NO3. The van der Waals surface area contributed by atoms with Crippen molar-refractivity contribution >= 4 is 11.7 Å². The zero-order chi connectivity index (χ0) is 13.8. The van der Waals surface area contributed by atoms with E-state index in [-0.39, 0.29) is 0 Å². The van der Waals surface area contributed by atoms with Crippen LogP contribution in [0.1, 0.15) is 42.5 Å². The van der Waals surface area contributed by atoms with E-state index in [1.165, 1.54) is 19.3 Å². The maximum absolute atomic E-state index is 11.3. The molecule has 2 rings (SSSR count). The molecule has 0 heterocycles. The van der Waals surface area contributed by atoms with Crippen LogP contribution < -0.4 is 9.64 Å². The summed E-state index contributed by atoms with van der Waals surface area (Å²) < 4.78 is 5.21. The Kier molecular flexibility index (Phi) is 4.30. The highest BCUT2D eigenvalue weighted by Crippen LogP contribution is 2.31. The van der Waals surface area contributed by atoms with E-state index >= 15 is 0 Å². The fourth-order valence-corrected chi connectivity index (χ4v) is 2.78. The first kappa shape index (κ1) is 13.7. The second kappa shape index (κ2) is 5.95. The van der Waals surface area contributed by atoms with E-state index in [1.54, 1.807) is 19.2 Å². The summed E-state index contributed by atoms with van der Waals surface area (Å²) >= 11 is 0. The summed E-state index contributed by atoms with van der Waals surface area (Å²) in [6.07, 6.45) is 6.00. The van der Waals surface area contributed by atoms with Gasteiger partial charge in [-0.1, -0.05) is 19.3 Å². The second-order valence-electron chi connectivity index (χ2n) is 5.09. The van der Waals surface area contributed by atoms with E-state index in [0.717, 1.165) is 18.5 Å². The van der Waals surface area contributed by atoms with Crippen molar-refractivity contribution in [3.63, 3.8) is 0 Å². The molecule has 0 saturated heterocycles. The quantitative estimate of drug-likeness (QED) is 0.906. The number of carboxylic acid groups (broad SMARTS) is 1. The van der Waals surface area contributed by atoms with Crippen LogP contribution in [0.2, 0.25) is 0 Å². The first-order valence-corrected chi connectivity index (χ1v) is 6.77. The van der Waals surface area contributed by atoms with Crippen LogP contribution in [0.25, 0.3) is 0 Å². The third-order valence-electron chi connectivity index (χ3n) is 3.94. The van der Waals surface area contributed by atoms with Crippen molar-refractivity contribution in [2.75, 3.05) is 19.1 Å². The lowest BCUT2D eigenvalue weighted by Gasteiger charge is -2.33. The van der Waals surface area contributed by atoms with Gasteiger partial charge in [0.2, 0.25) is 0 Å². The van der Waals surface area contributed by atoms with E-state index in [4.69, 9.17) is 4.74 Å². The average Bonchev–Trinajstić information content (AvgIpc) is 2.46. The van der Waals surface area contributed by atoms with Crippen LogP contribution in [-0.2, 0) is 0 Å². The third kappa shape index (κ3) is 3.00. The van der Waals surface area contributed by atoms with Gasteiger partial charge >= 0.3 is 5.97 Å². The fourth-order valence-electron chi connectivity index (χ4n) is 2.78. The molecule has 1 saturated carbocycles. The first-order valence-electron chi connectivity index (χ1n) is 6.77. The van der Waals surface area contributed by atoms with Crippen LogP contribution in [0.3, 0.4) is 0 Å². The molecule has 104 valence electrons. The molecule has 1 aliphatic carbocycles. The molecule has 4 heteroatoms. The molecule has 1 aliphatic rings. The fraction of sp³-hybridized carbons (Fsp3) is 0.533. The summed E-state index contributed by atoms with van der Waals surface area (Å²) in [7, 11) is 3.58. The molecule has 1 fully saturated rings. The van der Waals surface area contributed by atoms with Crippen molar-refractivity contribution in [1.82, 2.24) is 0 Å². The molecule has 0 unspecified atom stereocenters. The Morgan fingerprint density at radius 3 is 2.58 bits per heavy atom. The number of carbonyl (C=O) groups is 1. The smallest absolute Gasteiger partial charge is 0.337 e. The van der Waals surface area contributed by atoms with Gasteiger partial charge in [-0.05, 0) is 25.0 Å². The van der Waals surface area contributed by atoms with Crippen molar-refractivity contribution in [2.24, 2.45) is 0 Å². The molecule has 0 aromatic heterocycles. The van der Waals surface area contributed by atoms with Gasteiger partial charge in [-0.3, -0.25) is 0 Å². The van der Waals surface area contributed by atoms with E-state index < -0.39 is 5.97 Å². The van der Waals surface area contributed by atoms with Crippen LogP contribution in [0.5, 0.6) is 5.75 Å². The largest absolute Gasteiger partial charge is 0.497 e. The Morgan fingerprint density at radius 1 is 1.32 bits per heavy atom. The zero-order valence-electron chi connectivity index (χ0n) is 11.6. The number of ether oxygens (including phenoxy) is 1. The van der Waals surface area contributed by atoms with E-state index in [2.05, 4.69) is 4.90 Å². The molecule has 0 atom stereocenters. The molecule has 0 spiro atoms. The number of rotatable bonds is 4. The number of aromatic carboxylic acids is 1. The minimum atomic E-state index is -0.889. The predicted molar refractivity (Wildman–Crippen MR) is 75.2 cm³/mol. The summed E-state index contributed by atoms with van der Waals surface area (Å²) in [5, 5.41) is 9.31. The molecule has 4 nitrogen and oxygen atoms in total. The molecule has 0 radical (unpaired) electrons. The van der Waals surface area contributed by atoms with Gasteiger partial charge in [0.1, 0.15) is 5.75 Å². The van der Waals surface area contributed by atoms with E-state index in [9.17, 15) is 9.90 Å². The van der Waals surface area contributed by atoms with Gasteiger partial charge in [-0.25, -0.2) is 4.79 Å².